The Bertz CT molecular complexity index is 303. The average Bonchev–Trinajstić information content (AvgIpc) is 2.38. The minimum Gasteiger partial charge on any atom is -0.315 e. The predicted molar refractivity (Wildman–Crippen MR) is 76.0 cm³/mol. The van der Waals surface area contributed by atoms with Gasteiger partial charge in [-0.1, -0.05) is 50.3 Å². The molecule has 0 atom stereocenters. The summed E-state index contributed by atoms with van der Waals surface area (Å²) in [5.41, 5.74) is 2.50. The van der Waals surface area contributed by atoms with E-state index in [2.05, 4.69) is 48.4 Å². The van der Waals surface area contributed by atoms with E-state index in [1.54, 1.807) is 0 Å². The monoisotopic (exact) mass is 232 g/mol. The maximum absolute atomic E-state index is 3.75. The molecule has 0 aliphatic heterocycles. The molecule has 0 saturated carbocycles. The van der Waals surface area contributed by atoms with Crippen LogP contribution in [0, 0.1) is 0 Å². The van der Waals surface area contributed by atoms with E-state index in [1.165, 1.54) is 24.0 Å². The first-order valence-corrected chi connectivity index (χ1v) is 6.49. The first-order chi connectivity index (χ1) is 8.36. The summed E-state index contributed by atoms with van der Waals surface area (Å²) in [5, 5.41) is 6.84. The largest absolute Gasteiger partial charge is 0.315 e. The molecule has 2 nitrogen and oxygen atoms in total. The van der Waals surface area contributed by atoms with Gasteiger partial charge in [-0.05, 0) is 24.1 Å². The van der Waals surface area contributed by atoms with E-state index in [9.17, 15) is 0 Å². The molecule has 0 unspecified atom stereocenters. The summed E-state index contributed by atoms with van der Waals surface area (Å²) in [6.07, 6.45) is 4.40. The highest BCUT2D eigenvalue weighted by molar-refractivity contribution is 5.47. The second-order valence-electron chi connectivity index (χ2n) is 4.23. The molecule has 0 saturated heterocycles. The third-order valence-electron chi connectivity index (χ3n) is 2.73. The fraction of sp³-hybridized carbons (Fsp3) is 0.467. The van der Waals surface area contributed by atoms with Gasteiger partial charge in [-0.15, -0.1) is 0 Å². The zero-order chi connectivity index (χ0) is 12.3. The van der Waals surface area contributed by atoms with Gasteiger partial charge in [-0.2, -0.15) is 0 Å². The van der Waals surface area contributed by atoms with Crippen LogP contribution >= 0.6 is 0 Å². The molecule has 17 heavy (non-hydrogen) atoms. The van der Waals surface area contributed by atoms with Crippen molar-refractivity contribution in [3.8, 4) is 0 Å². The van der Waals surface area contributed by atoms with Crippen LogP contribution in [0.15, 0.2) is 30.8 Å². The summed E-state index contributed by atoms with van der Waals surface area (Å²) in [6, 6.07) is 8.50. The lowest BCUT2D eigenvalue weighted by Gasteiger charge is -2.06. The molecule has 1 aromatic rings. The first-order valence-electron chi connectivity index (χ1n) is 6.49. The van der Waals surface area contributed by atoms with E-state index in [-0.39, 0.29) is 0 Å². The highest BCUT2D eigenvalue weighted by Crippen LogP contribution is 2.04. The maximum atomic E-state index is 3.75. The molecule has 0 radical (unpaired) electrons. The van der Waals surface area contributed by atoms with Gasteiger partial charge in [0.1, 0.15) is 0 Å². The van der Waals surface area contributed by atoms with Crippen LogP contribution in [0.5, 0.6) is 0 Å². The molecule has 0 heterocycles. The number of rotatable bonds is 9. The van der Waals surface area contributed by atoms with Gasteiger partial charge in [-0.25, -0.2) is 0 Å². The molecule has 2 N–H and O–H groups in total. The van der Waals surface area contributed by atoms with Crippen LogP contribution in [-0.4, -0.2) is 19.6 Å². The normalized spacial score (nSPS) is 10.4. The Kier molecular flexibility index (Phi) is 7.35. The molecule has 1 rings (SSSR count). The second kappa shape index (κ2) is 8.97. The van der Waals surface area contributed by atoms with Gasteiger partial charge in [0, 0.05) is 19.6 Å². The number of nitrogens with one attached hydrogen (secondary N) is 2. The van der Waals surface area contributed by atoms with Gasteiger partial charge in [0.15, 0.2) is 0 Å². The van der Waals surface area contributed by atoms with Crippen LogP contribution in [0.1, 0.15) is 30.9 Å². The van der Waals surface area contributed by atoms with Crippen LogP contribution in [-0.2, 0) is 6.54 Å². The molecule has 0 aliphatic rings. The van der Waals surface area contributed by atoms with Gasteiger partial charge in [0.25, 0.3) is 0 Å². The molecule has 0 spiro atoms. The number of hydrogen-bond donors (Lipinski definition) is 2. The minimum atomic E-state index is 0.937. The van der Waals surface area contributed by atoms with E-state index in [0.29, 0.717) is 0 Å². The van der Waals surface area contributed by atoms with Crippen LogP contribution in [0.2, 0.25) is 0 Å². The van der Waals surface area contributed by atoms with Crippen molar-refractivity contribution in [3.63, 3.8) is 0 Å². The summed E-state index contributed by atoms with van der Waals surface area (Å²) in [4.78, 5) is 0. The quantitative estimate of drug-likeness (QED) is 0.640. The van der Waals surface area contributed by atoms with Crippen molar-refractivity contribution in [2.24, 2.45) is 0 Å². The zero-order valence-electron chi connectivity index (χ0n) is 10.8. The highest BCUT2D eigenvalue weighted by Gasteiger charge is 1.92. The standard InChI is InChI=1S/C15H24N2/c1-3-5-10-16-11-12-17-13-15-8-6-14(4-2)7-9-15/h4,6-9,16-17H,2-3,5,10-13H2,1H3. The Hall–Kier alpha value is -1.12. The summed E-state index contributed by atoms with van der Waals surface area (Å²) in [6.45, 7) is 10.1. The van der Waals surface area contributed by atoms with Gasteiger partial charge in [0.2, 0.25) is 0 Å². The zero-order valence-corrected chi connectivity index (χ0v) is 10.8. The number of unbranched alkanes of at least 4 members (excludes halogenated alkanes) is 1. The Morgan fingerprint density at radius 3 is 2.41 bits per heavy atom. The third-order valence-corrected chi connectivity index (χ3v) is 2.73. The molecule has 94 valence electrons. The maximum Gasteiger partial charge on any atom is 0.0206 e. The van der Waals surface area contributed by atoms with Crippen molar-refractivity contribution in [2.75, 3.05) is 19.6 Å². The van der Waals surface area contributed by atoms with E-state index in [0.717, 1.165) is 26.2 Å². The van der Waals surface area contributed by atoms with Crippen molar-refractivity contribution in [3.05, 3.63) is 42.0 Å². The van der Waals surface area contributed by atoms with E-state index >= 15 is 0 Å². The molecule has 0 fully saturated rings. The van der Waals surface area contributed by atoms with Crippen molar-refractivity contribution >= 4 is 6.08 Å². The number of benzene rings is 1. The first kappa shape index (κ1) is 13.9. The van der Waals surface area contributed by atoms with Crippen molar-refractivity contribution in [2.45, 2.75) is 26.3 Å². The summed E-state index contributed by atoms with van der Waals surface area (Å²) >= 11 is 0. The molecule has 1 aromatic carbocycles. The van der Waals surface area contributed by atoms with Crippen molar-refractivity contribution in [1.29, 1.82) is 0 Å². The lowest BCUT2D eigenvalue weighted by atomic mass is 10.1. The Balaban J connectivity index is 2.07. The van der Waals surface area contributed by atoms with Gasteiger partial charge in [-0.3, -0.25) is 0 Å². The predicted octanol–water partition coefficient (Wildman–Crippen LogP) is 2.81. The van der Waals surface area contributed by atoms with Crippen molar-refractivity contribution < 1.29 is 0 Å². The smallest absolute Gasteiger partial charge is 0.0206 e. The summed E-state index contributed by atoms with van der Waals surface area (Å²) in [7, 11) is 0. The summed E-state index contributed by atoms with van der Waals surface area (Å²) < 4.78 is 0. The molecule has 0 aliphatic carbocycles. The van der Waals surface area contributed by atoms with Crippen molar-refractivity contribution in [1.82, 2.24) is 10.6 Å². The molecular weight excluding hydrogens is 208 g/mol. The SMILES string of the molecule is C=Cc1ccc(CNCCNCCCC)cc1. The Morgan fingerprint density at radius 2 is 1.76 bits per heavy atom. The average molecular weight is 232 g/mol. The van der Waals surface area contributed by atoms with E-state index in [4.69, 9.17) is 0 Å². The third kappa shape index (κ3) is 6.25. The lowest BCUT2D eigenvalue weighted by molar-refractivity contribution is 0.593. The van der Waals surface area contributed by atoms with E-state index < -0.39 is 0 Å². The Labute approximate surface area is 105 Å². The fourth-order valence-corrected chi connectivity index (χ4v) is 1.61. The lowest BCUT2D eigenvalue weighted by Crippen LogP contribution is -2.27. The molecule has 0 bridgehead atoms. The van der Waals surface area contributed by atoms with Crippen LogP contribution in [0.4, 0.5) is 0 Å². The highest BCUT2D eigenvalue weighted by atomic mass is 14.9. The molecular formula is C15H24N2. The van der Waals surface area contributed by atoms with Crippen LogP contribution in [0.3, 0.4) is 0 Å². The topological polar surface area (TPSA) is 24.1 Å². The van der Waals surface area contributed by atoms with Gasteiger partial charge in [0.05, 0.1) is 0 Å². The molecule has 0 amide bonds. The Morgan fingerprint density at radius 1 is 1.06 bits per heavy atom. The van der Waals surface area contributed by atoms with Crippen LogP contribution < -0.4 is 10.6 Å². The minimum absolute atomic E-state index is 0.937. The van der Waals surface area contributed by atoms with Gasteiger partial charge < -0.3 is 10.6 Å². The summed E-state index contributed by atoms with van der Waals surface area (Å²) in [5.74, 6) is 0. The van der Waals surface area contributed by atoms with Crippen LogP contribution in [0.25, 0.3) is 6.08 Å². The van der Waals surface area contributed by atoms with Gasteiger partial charge >= 0.3 is 0 Å². The molecule has 0 aromatic heterocycles. The molecule has 2 heteroatoms. The second-order valence-corrected chi connectivity index (χ2v) is 4.23. The van der Waals surface area contributed by atoms with E-state index in [1.807, 2.05) is 6.08 Å². The fourth-order valence-electron chi connectivity index (χ4n) is 1.61. The number of hydrogen-bond acceptors (Lipinski definition) is 2.